The molecule has 0 aromatic heterocycles. The molecule has 0 spiro atoms. The number of carbonyl (C=O) groups is 2. The van der Waals surface area contributed by atoms with Gasteiger partial charge in [-0.1, -0.05) is 49.9 Å². The second kappa shape index (κ2) is 10.5. The van der Waals surface area contributed by atoms with Crippen LogP contribution in [0.2, 0.25) is 0 Å². The zero-order valence-electron chi connectivity index (χ0n) is 18.9. The molecule has 2 aromatic rings. The monoisotopic (exact) mass is 489 g/mol. The van der Waals surface area contributed by atoms with Crippen LogP contribution in [0.25, 0.3) is 0 Å². The van der Waals surface area contributed by atoms with Gasteiger partial charge in [-0.25, -0.2) is 8.78 Å². The number of benzene rings is 2. The number of ketones is 2. The minimum atomic E-state index is -2.71. The number of halogens is 2. The lowest BCUT2D eigenvalue weighted by molar-refractivity contribution is -0.127. The van der Waals surface area contributed by atoms with E-state index in [0.29, 0.717) is 36.8 Å². The Morgan fingerprint density at radius 2 is 1.12 bits per heavy atom. The molecule has 0 amide bonds. The van der Waals surface area contributed by atoms with Crippen molar-refractivity contribution in [2.45, 2.75) is 62.2 Å². The summed E-state index contributed by atoms with van der Waals surface area (Å²) >= 11 is 0. The van der Waals surface area contributed by atoms with Crippen molar-refractivity contribution in [3.05, 3.63) is 71.3 Å². The Kier molecular flexibility index (Phi) is 7.66. The van der Waals surface area contributed by atoms with Gasteiger partial charge in [-0.15, -0.1) is 9.05 Å². The molecule has 0 radical (unpaired) electrons. The molecule has 2 aromatic carbocycles. The first-order chi connectivity index (χ1) is 16.4. The standard InChI is InChI=1S/C26H28F2O5P/c27-21-9-5-7-19(15-21)25(11-1-2-12-25)23(29)17-32-34(31)33-18-24(30)26(13-3-4-14-26)20-8-6-10-22(28)16-20/h5-10,15-16H,1-4,11-14,17-18H2/q+1. The maximum absolute atomic E-state index is 13.8. The molecule has 34 heavy (non-hydrogen) atoms. The topological polar surface area (TPSA) is 69.7 Å². The van der Waals surface area contributed by atoms with Gasteiger partial charge in [0.25, 0.3) is 0 Å². The molecule has 0 heterocycles. The highest BCUT2D eigenvalue weighted by molar-refractivity contribution is 7.33. The number of hydrogen-bond donors (Lipinski definition) is 0. The van der Waals surface area contributed by atoms with E-state index in [9.17, 15) is 22.9 Å². The zero-order valence-corrected chi connectivity index (χ0v) is 19.8. The van der Waals surface area contributed by atoms with E-state index in [1.54, 1.807) is 24.3 Å². The number of rotatable bonds is 10. The van der Waals surface area contributed by atoms with Gasteiger partial charge in [-0.2, -0.15) is 0 Å². The van der Waals surface area contributed by atoms with Gasteiger partial charge in [-0.05, 0) is 61.1 Å². The molecule has 8 heteroatoms. The molecule has 2 fully saturated rings. The maximum Gasteiger partial charge on any atom is 0.698 e. The molecular formula is C26H28F2O5P+. The summed E-state index contributed by atoms with van der Waals surface area (Å²) < 4.78 is 50.3. The Bertz CT molecular complexity index is 991. The summed E-state index contributed by atoms with van der Waals surface area (Å²) in [4.78, 5) is 26.1. The van der Waals surface area contributed by atoms with E-state index < -0.39 is 43.9 Å². The third-order valence-corrected chi connectivity index (χ3v) is 8.02. The quantitative estimate of drug-likeness (QED) is 0.376. The lowest BCUT2D eigenvalue weighted by Crippen LogP contribution is -2.36. The molecule has 2 saturated carbocycles. The molecule has 0 atom stereocenters. The van der Waals surface area contributed by atoms with Crippen LogP contribution in [0.15, 0.2) is 48.5 Å². The Morgan fingerprint density at radius 3 is 1.47 bits per heavy atom. The van der Waals surface area contributed by atoms with Crippen LogP contribution in [0, 0.1) is 11.6 Å². The molecule has 0 saturated heterocycles. The van der Waals surface area contributed by atoms with Crippen LogP contribution >= 0.6 is 8.25 Å². The second-order valence-corrected chi connectivity index (χ2v) is 10.2. The van der Waals surface area contributed by atoms with Gasteiger partial charge in [0, 0.05) is 4.57 Å². The van der Waals surface area contributed by atoms with E-state index in [4.69, 9.17) is 9.05 Å². The van der Waals surface area contributed by atoms with E-state index in [1.807, 2.05) is 0 Å². The summed E-state index contributed by atoms with van der Waals surface area (Å²) in [7, 11) is -2.71. The lowest BCUT2D eigenvalue weighted by Gasteiger charge is -2.27. The highest BCUT2D eigenvalue weighted by Crippen LogP contribution is 2.44. The number of Topliss-reactive ketones (excluding diaryl/α,β-unsaturated/α-hetero) is 2. The van der Waals surface area contributed by atoms with Gasteiger partial charge >= 0.3 is 8.25 Å². The first-order valence-electron chi connectivity index (χ1n) is 11.7. The Balaban J connectivity index is 1.36. The predicted octanol–water partition coefficient (Wildman–Crippen LogP) is 6.12. The number of carbonyl (C=O) groups excluding carboxylic acids is 2. The van der Waals surface area contributed by atoms with Crippen LogP contribution < -0.4 is 0 Å². The van der Waals surface area contributed by atoms with Gasteiger partial charge < -0.3 is 0 Å². The second-order valence-electron chi connectivity index (χ2n) is 9.22. The van der Waals surface area contributed by atoms with Crippen LogP contribution in [0.4, 0.5) is 8.78 Å². The third kappa shape index (κ3) is 5.02. The van der Waals surface area contributed by atoms with E-state index in [2.05, 4.69) is 0 Å². The number of hydrogen-bond acceptors (Lipinski definition) is 5. The van der Waals surface area contributed by atoms with Crippen molar-refractivity contribution in [2.75, 3.05) is 13.2 Å². The molecular weight excluding hydrogens is 461 g/mol. The third-order valence-electron chi connectivity index (χ3n) is 7.34. The van der Waals surface area contributed by atoms with Crippen molar-refractivity contribution < 1.29 is 32.0 Å². The fraction of sp³-hybridized carbons (Fsp3) is 0.462. The molecule has 2 aliphatic rings. The smallest absolute Gasteiger partial charge is 0.296 e. The fourth-order valence-corrected chi connectivity index (χ4v) is 6.04. The van der Waals surface area contributed by atoms with E-state index >= 15 is 0 Å². The summed E-state index contributed by atoms with van der Waals surface area (Å²) in [5.74, 6) is -1.38. The van der Waals surface area contributed by atoms with Crippen molar-refractivity contribution in [3.63, 3.8) is 0 Å². The average Bonchev–Trinajstić information content (AvgIpc) is 3.53. The minimum absolute atomic E-state index is 0.277. The van der Waals surface area contributed by atoms with Crippen molar-refractivity contribution in [1.29, 1.82) is 0 Å². The van der Waals surface area contributed by atoms with Crippen LogP contribution in [0.5, 0.6) is 0 Å². The van der Waals surface area contributed by atoms with Gasteiger partial charge in [-0.3, -0.25) is 9.59 Å². The lowest BCUT2D eigenvalue weighted by atomic mass is 9.75. The molecule has 5 nitrogen and oxygen atoms in total. The van der Waals surface area contributed by atoms with Crippen molar-refractivity contribution in [3.8, 4) is 0 Å². The Labute approximate surface area is 198 Å². The summed E-state index contributed by atoms with van der Waals surface area (Å²) in [5.41, 5.74) is -0.523. The summed E-state index contributed by atoms with van der Waals surface area (Å²) in [5, 5.41) is 0. The molecule has 0 bridgehead atoms. The summed E-state index contributed by atoms with van der Waals surface area (Å²) in [6, 6.07) is 12.0. The van der Waals surface area contributed by atoms with E-state index in [-0.39, 0.29) is 11.6 Å². The van der Waals surface area contributed by atoms with Gasteiger partial charge in [0.15, 0.2) is 24.8 Å². The van der Waals surface area contributed by atoms with Crippen molar-refractivity contribution in [2.24, 2.45) is 0 Å². The van der Waals surface area contributed by atoms with Gasteiger partial charge in [0.05, 0.1) is 10.8 Å². The largest absolute Gasteiger partial charge is 0.698 e. The zero-order chi connectivity index (χ0) is 24.2. The highest BCUT2D eigenvalue weighted by atomic mass is 31.1. The Morgan fingerprint density at radius 1 is 0.735 bits per heavy atom. The summed E-state index contributed by atoms with van der Waals surface area (Å²) in [6.45, 7) is -0.899. The van der Waals surface area contributed by atoms with Gasteiger partial charge in [0.2, 0.25) is 0 Å². The molecule has 0 unspecified atom stereocenters. The molecule has 2 aliphatic carbocycles. The Hall–Kier alpha value is -2.34. The van der Waals surface area contributed by atoms with E-state index in [1.165, 1.54) is 24.3 Å². The predicted molar refractivity (Wildman–Crippen MR) is 123 cm³/mol. The van der Waals surface area contributed by atoms with Crippen molar-refractivity contribution >= 4 is 19.8 Å². The van der Waals surface area contributed by atoms with Crippen LogP contribution in [0.3, 0.4) is 0 Å². The van der Waals surface area contributed by atoms with E-state index in [0.717, 1.165) is 25.7 Å². The first kappa shape index (κ1) is 24.8. The van der Waals surface area contributed by atoms with Crippen LogP contribution in [-0.4, -0.2) is 24.8 Å². The molecule has 0 aliphatic heterocycles. The van der Waals surface area contributed by atoms with Crippen LogP contribution in [0.1, 0.15) is 62.5 Å². The van der Waals surface area contributed by atoms with Crippen molar-refractivity contribution in [1.82, 2.24) is 0 Å². The molecule has 180 valence electrons. The summed E-state index contributed by atoms with van der Waals surface area (Å²) in [6.07, 6.45) is 5.64. The first-order valence-corrected chi connectivity index (χ1v) is 12.8. The minimum Gasteiger partial charge on any atom is -0.296 e. The fourth-order valence-electron chi connectivity index (χ4n) is 5.52. The van der Waals surface area contributed by atoms with Crippen LogP contribution in [-0.2, 0) is 34.0 Å². The van der Waals surface area contributed by atoms with Gasteiger partial charge in [0.1, 0.15) is 11.6 Å². The highest BCUT2D eigenvalue weighted by Gasteiger charge is 2.45. The SMILES string of the molecule is O=C(CO[P+](=O)OCC(=O)C1(c2cccc(F)c2)CCCC1)C1(c2cccc(F)c2)CCCC1. The maximum atomic E-state index is 13.8. The normalized spacial score (nSPS) is 18.6. The average molecular weight is 489 g/mol. The molecule has 4 rings (SSSR count). The molecule has 0 N–H and O–H groups in total.